The fourth-order valence-corrected chi connectivity index (χ4v) is 5.19. The summed E-state index contributed by atoms with van der Waals surface area (Å²) >= 11 is 4.52. The number of hydrogen-bond donors (Lipinski definition) is 2. The Morgan fingerprint density at radius 1 is 1.65 bits per heavy atom. The molecule has 0 spiro atoms. The van der Waals surface area contributed by atoms with E-state index < -0.39 is 12.0 Å². The van der Waals surface area contributed by atoms with Gasteiger partial charge in [-0.25, -0.2) is 9.78 Å². The number of nitrogens with two attached hydrogens (primary N) is 1. The minimum absolute atomic E-state index is 0.101. The molecular formula is C11H11N3O3S3. The van der Waals surface area contributed by atoms with Gasteiger partial charge in [-0.15, -0.1) is 23.1 Å². The molecule has 6 nitrogen and oxygen atoms in total. The quantitative estimate of drug-likeness (QED) is 0.623. The van der Waals surface area contributed by atoms with Crippen LogP contribution >= 0.6 is 34.9 Å². The zero-order chi connectivity index (χ0) is 14.3. The molecule has 2 aliphatic rings. The molecule has 0 aromatic carbocycles. The van der Waals surface area contributed by atoms with Crippen LogP contribution in [0.5, 0.6) is 0 Å². The Hall–Kier alpha value is -1.03. The highest BCUT2D eigenvalue weighted by Gasteiger charge is 2.51. The third kappa shape index (κ3) is 2.24. The molecule has 1 aromatic heterocycles. The summed E-state index contributed by atoms with van der Waals surface area (Å²) in [6.45, 7) is 0. The largest absolute Gasteiger partial charge is 0.477 e. The molecule has 1 fully saturated rings. The van der Waals surface area contributed by atoms with Crippen molar-refractivity contribution in [2.24, 2.45) is 5.73 Å². The van der Waals surface area contributed by atoms with E-state index >= 15 is 0 Å². The molecule has 2 atom stereocenters. The molecule has 106 valence electrons. The van der Waals surface area contributed by atoms with Crippen molar-refractivity contribution < 1.29 is 14.7 Å². The molecular weight excluding hydrogens is 318 g/mol. The van der Waals surface area contributed by atoms with Crippen LogP contribution < -0.4 is 5.73 Å². The fourth-order valence-electron chi connectivity index (χ4n) is 2.12. The number of rotatable bonds is 4. The first-order valence-electron chi connectivity index (χ1n) is 5.77. The molecule has 0 saturated carbocycles. The van der Waals surface area contributed by atoms with Gasteiger partial charge in [-0.05, 0) is 5.57 Å². The monoisotopic (exact) mass is 329 g/mol. The van der Waals surface area contributed by atoms with Crippen LogP contribution in [0.2, 0.25) is 0 Å². The fraction of sp³-hybridized carbons (Fsp3) is 0.364. The number of aromatic nitrogens is 1. The number of carbonyl (C=O) groups excluding carboxylic acids is 1. The molecule has 2 aliphatic heterocycles. The maximum absolute atomic E-state index is 11.8. The Morgan fingerprint density at radius 3 is 3.10 bits per heavy atom. The van der Waals surface area contributed by atoms with Gasteiger partial charge in [0.2, 0.25) is 5.91 Å². The number of thioether (sulfide) groups is 2. The lowest BCUT2D eigenvalue weighted by atomic mass is 10.0. The van der Waals surface area contributed by atoms with Crippen molar-refractivity contribution >= 4 is 46.7 Å². The minimum Gasteiger partial charge on any atom is -0.477 e. The summed E-state index contributed by atoms with van der Waals surface area (Å²) in [5.41, 5.74) is 6.55. The highest BCUT2D eigenvalue weighted by Crippen LogP contribution is 2.40. The molecule has 0 aliphatic carbocycles. The van der Waals surface area contributed by atoms with E-state index in [9.17, 15) is 14.7 Å². The summed E-state index contributed by atoms with van der Waals surface area (Å²) < 4.78 is 0.890. The highest BCUT2D eigenvalue weighted by atomic mass is 32.2. The van der Waals surface area contributed by atoms with E-state index in [0.29, 0.717) is 11.5 Å². The van der Waals surface area contributed by atoms with E-state index in [2.05, 4.69) is 4.98 Å². The Kier molecular flexibility index (Phi) is 3.76. The molecule has 20 heavy (non-hydrogen) atoms. The first kappa shape index (κ1) is 13.9. The first-order valence-corrected chi connectivity index (χ1v) is 8.69. The van der Waals surface area contributed by atoms with Gasteiger partial charge in [0.15, 0.2) is 0 Å². The van der Waals surface area contributed by atoms with Crippen LogP contribution in [0.3, 0.4) is 0 Å². The summed E-state index contributed by atoms with van der Waals surface area (Å²) in [5, 5.41) is 11.0. The van der Waals surface area contributed by atoms with Crippen LogP contribution in [-0.4, -0.2) is 49.8 Å². The Morgan fingerprint density at radius 2 is 2.45 bits per heavy atom. The number of carboxylic acid groups (broad SMARTS) is 1. The molecule has 1 saturated heterocycles. The van der Waals surface area contributed by atoms with Crippen molar-refractivity contribution in [3.05, 3.63) is 22.8 Å². The van der Waals surface area contributed by atoms with Gasteiger partial charge in [-0.3, -0.25) is 9.69 Å². The molecule has 1 amide bonds. The van der Waals surface area contributed by atoms with E-state index in [1.807, 2.05) is 5.38 Å². The van der Waals surface area contributed by atoms with Crippen molar-refractivity contribution in [3.8, 4) is 0 Å². The number of aliphatic carboxylic acids is 1. The number of nitrogens with zero attached hydrogens (tertiary/aromatic N) is 2. The van der Waals surface area contributed by atoms with Gasteiger partial charge >= 0.3 is 5.97 Å². The van der Waals surface area contributed by atoms with Crippen molar-refractivity contribution in [1.29, 1.82) is 0 Å². The van der Waals surface area contributed by atoms with Crippen molar-refractivity contribution in [3.63, 3.8) is 0 Å². The smallest absolute Gasteiger partial charge is 0.352 e. The molecule has 3 rings (SSSR count). The Bertz CT molecular complexity index is 587. The number of hydrogen-bond acceptors (Lipinski definition) is 7. The standard InChI is InChI=1S/C11H11N3O3S3/c12-6-8(15)14-7(10(16)17)5(3-19-9(6)14)4-20-11-13-1-2-18-11/h1-2,6,9H,3-4,12H2,(H,16,17)/t6?,9-/m1/s1. The lowest BCUT2D eigenvalue weighted by molar-refractivity contribution is -0.147. The van der Waals surface area contributed by atoms with Crippen LogP contribution in [0.15, 0.2) is 27.2 Å². The molecule has 1 unspecified atom stereocenters. The second-order valence-electron chi connectivity index (χ2n) is 4.28. The van der Waals surface area contributed by atoms with E-state index in [1.165, 1.54) is 39.8 Å². The van der Waals surface area contributed by atoms with E-state index in [4.69, 9.17) is 5.73 Å². The minimum atomic E-state index is -1.06. The van der Waals surface area contributed by atoms with Crippen LogP contribution in [0.25, 0.3) is 0 Å². The second-order valence-corrected chi connectivity index (χ2v) is 7.50. The SMILES string of the molecule is NC1C(=O)N2C(C(=O)O)=C(CSc3nccs3)CS[C@H]12. The van der Waals surface area contributed by atoms with Crippen molar-refractivity contribution in [2.75, 3.05) is 11.5 Å². The predicted octanol–water partition coefficient (Wildman–Crippen LogP) is 0.816. The lowest BCUT2D eigenvalue weighted by Crippen LogP contribution is -2.68. The molecule has 3 N–H and O–H groups in total. The zero-order valence-electron chi connectivity index (χ0n) is 10.2. The van der Waals surface area contributed by atoms with Crippen LogP contribution in [0, 0.1) is 0 Å². The van der Waals surface area contributed by atoms with Crippen molar-refractivity contribution in [2.45, 2.75) is 15.8 Å². The molecule has 0 radical (unpaired) electrons. The number of thiazole rings is 1. The number of carboxylic acids is 1. The van der Waals surface area contributed by atoms with Gasteiger partial charge in [0.25, 0.3) is 0 Å². The summed E-state index contributed by atoms with van der Waals surface area (Å²) in [5.74, 6) is -0.266. The zero-order valence-corrected chi connectivity index (χ0v) is 12.6. The molecule has 1 aromatic rings. The van der Waals surface area contributed by atoms with Gasteiger partial charge in [0.1, 0.15) is 21.5 Å². The van der Waals surface area contributed by atoms with Crippen LogP contribution in [0.4, 0.5) is 0 Å². The average Bonchev–Trinajstić information content (AvgIpc) is 2.96. The summed E-state index contributed by atoms with van der Waals surface area (Å²) in [6, 6.07) is -0.581. The third-order valence-corrected chi connectivity index (χ3v) is 6.48. The van der Waals surface area contributed by atoms with E-state index in [-0.39, 0.29) is 17.0 Å². The predicted molar refractivity (Wildman–Crippen MR) is 78.6 cm³/mol. The number of carbonyl (C=O) groups is 2. The van der Waals surface area contributed by atoms with Gasteiger partial charge < -0.3 is 10.8 Å². The number of β-lactam (4-membered cyclic amide) rings is 1. The van der Waals surface area contributed by atoms with Crippen LogP contribution in [-0.2, 0) is 9.59 Å². The van der Waals surface area contributed by atoms with Crippen LogP contribution in [0.1, 0.15) is 0 Å². The summed E-state index contributed by atoms with van der Waals surface area (Å²) in [4.78, 5) is 28.7. The maximum Gasteiger partial charge on any atom is 0.352 e. The van der Waals surface area contributed by atoms with E-state index in [0.717, 1.165) is 9.91 Å². The maximum atomic E-state index is 11.8. The normalized spacial score (nSPS) is 25.4. The molecule has 0 bridgehead atoms. The van der Waals surface area contributed by atoms with Gasteiger partial charge in [-0.2, -0.15) is 0 Å². The summed E-state index contributed by atoms with van der Waals surface area (Å²) in [7, 11) is 0. The lowest BCUT2D eigenvalue weighted by Gasteiger charge is -2.48. The molecule has 9 heteroatoms. The van der Waals surface area contributed by atoms with Gasteiger partial charge in [0, 0.05) is 23.1 Å². The first-order chi connectivity index (χ1) is 9.59. The molecule has 3 heterocycles. The average molecular weight is 329 g/mol. The third-order valence-electron chi connectivity index (χ3n) is 3.07. The van der Waals surface area contributed by atoms with Gasteiger partial charge in [-0.1, -0.05) is 11.8 Å². The Labute approximate surface area is 127 Å². The van der Waals surface area contributed by atoms with Crippen molar-refractivity contribution in [1.82, 2.24) is 9.88 Å². The van der Waals surface area contributed by atoms with Gasteiger partial charge in [0.05, 0.1) is 0 Å². The van der Waals surface area contributed by atoms with E-state index in [1.54, 1.807) is 6.20 Å². The number of amides is 1. The Balaban J connectivity index is 1.82. The highest BCUT2D eigenvalue weighted by molar-refractivity contribution is 8.01. The summed E-state index contributed by atoms with van der Waals surface area (Å²) in [6.07, 6.45) is 1.71. The number of fused-ring (bicyclic) bond motifs is 1. The topological polar surface area (TPSA) is 96.5 Å². The second kappa shape index (κ2) is 5.40.